The summed E-state index contributed by atoms with van der Waals surface area (Å²) in [5.74, 6) is 0.914. The van der Waals surface area contributed by atoms with Crippen LogP contribution in [-0.4, -0.2) is 12.0 Å². The molecule has 0 atom stereocenters. The Morgan fingerprint density at radius 3 is 2.72 bits per heavy atom. The van der Waals surface area contributed by atoms with E-state index in [1.54, 1.807) is 6.20 Å². The zero-order valence-electron chi connectivity index (χ0n) is 11.0. The van der Waals surface area contributed by atoms with Crippen LogP contribution in [0.25, 0.3) is 0 Å². The van der Waals surface area contributed by atoms with Gasteiger partial charge in [0.05, 0.1) is 5.69 Å². The predicted molar refractivity (Wildman–Crippen MR) is 74.0 cm³/mol. The van der Waals surface area contributed by atoms with Crippen molar-refractivity contribution in [3.8, 4) is 5.75 Å². The van der Waals surface area contributed by atoms with Crippen LogP contribution in [0.15, 0.2) is 36.5 Å². The molecule has 0 saturated heterocycles. The molecule has 1 aromatic carbocycles. The molecule has 0 aliphatic heterocycles. The summed E-state index contributed by atoms with van der Waals surface area (Å²) in [5.41, 5.74) is 4.36. The molecule has 1 heterocycles. The van der Waals surface area contributed by atoms with Crippen molar-refractivity contribution in [1.82, 2.24) is 4.98 Å². The first kappa shape index (κ1) is 12.4. The van der Waals surface area contributed by atoms with Crippen molar-refractivity contribution >= 4 is 5.69 Å². The van der Waals surface area contributed by atoms with E-state index in [0.29, 0.717) is 6.61 Å². The van der Waals surface area contributed by atoms with E-state index in [0.717, 1.165) is 22.7 Å². The molecule has 2 rings (SSSR count). The number of aryl methyl sites for hydroxylation is 2. The van der Waals surface area contributed by atoms with Crippen LogP contribution in [0.4, 0.5) is 5.69 Å². The molecule has 1 aromatic heterocycles. The normalized spacial score (nSPS) is 10.2. The molecule has 0 amide bonds. The van der Waals surface area contributed by atoms with Crippen molar-refractivity contribution in [2.24, 2.45) is 0 Å². The van der Waals surface area contributed by atoms with Crippen LogP contribution in [0.2, 0.25) is 0 Å². The minimum atomic E-state index is 0.486. The van der Waals surface area contributed by atoms with Gasteiger partial charge in [0.25, 0.3) is 0 Å². The Labute approximate surface area is 108 Å². The quantitative estimate of drug-likeness (QED) is 0.893. The topological polar surface area (TPSA) is 34.2 Å². The summed E-state index contributed by atoms with van der Waals surface area (Å²) in [4.78, 5) is 4.28. The molecule has 3 heteroatoms. The lowest BCUT2D eigenvalue weighted by Gasteiger charge is -2.10. The van der Waals surface area contributed by atoms with E-state index in [2.05, 4.69) is 36.3 Å². The van der Waals surface area contributed by atoms with E-state index in [1.807, 2.05) is 25.2 Å². The number of benzene rings is 1. The van der Waals surface area contributed by atoms with Crippen LogP contribution < -0.4 is 10.1 Å². The van der Waals surface area contributed by atoms with Crippen LogP contribution >= 0.6 is 0 Å². The number of pyridine rings is 1. The number of hydrogen-bond acceptors (Lipinski definition) is 3. The molecule has 0 unspecified atom stereocenters. The number of ether oxygens (including phenoxy) is 1. The third-order valence-corrected chi connectivity index (χ3v) is 2.81. The molecule has 0 aliphatic rings. The SMILES string of the molecule is CNc1ccnc(COc2ccc(C)cc2C)c1. The average molecular weight is 242 g/mol. The summed E-state index contributed by atoms with van der Waals surface area (Å²) in [6.45, 7) is 4.62. The highest BCUT2D eigenvalue weighted by atomic mass is 16.5. The average Bonchev–Trinajstić information content (AvgIpc) is 2.38. The number of nitrogens with zero attached hydrogens (tertiary/aromatic N) is 1. The van der Waals surface area contributed by atoms with Gasteiger partial charge in [-0.25, -0.2) is 0 Å². The van der Waals surface area contributed by atoms with Gasteiger partial charge >= 0.3 is 0 Å². The van der Waals surface area contributed by atoms with Crippen molar-refractivity contribution in [2.75, 3.05) is 12.4 Å². The zero-order valence-corrected chi connectivity index (χ0v) is 11.0. The van der Waals surface area contributed by atoms with Crippen LogP contribution in [0.3, 0.4) is 0 Å². The maximum atomic E-state index is 5.79. The van der Waals surface area contributed by atoms with Gasteiger partial charge < -0.3 is 10.1 Å². The Morgan fingerprint density at radius 1 is 1.17 bits per heavy atom. The summed E-state index contributed by atoms with van der Waals surface area (Å²) >= 11 is 0. The second-order valence-electron chi connectivity index (χ2n) is 4.34. The highest BCUT2D eigenvalue weighted by Gasteiger charge is 2.01. The Kier molecular flexibility index (Phi) is 3.82. The van der Waals surface area contributed by atoms with Gasteiger partial charge in [-0.15, -0.1) is 0 Å². The second kappa shape index (κ2) is 5.54. The molecule has 0 saturated carbocycles. The molecule has 0 radical (unpaired) electrons. The van der Waals surface area contributed by atoms with E-state index in [9.17, 15) is 0 Å². The third kappa shape index (κ3) is 3.00. The lowest BCUT2D eigenvalue weighted by atomic mass is 10.1. The van der Waals surface area contributed by atoms with Gasteiger partial charge in [0.1, 0.15) is 12.4 Å². The number of anilines is 1. The van der Waals surface area contributed by atoms with Gasteiger partial charge in [-0.1, -0.05) is 17.7 Å². The largest absolute Gasteiger partial charge is 0.487 e. The van der Waals surface area contributed by atoms with Gasteiger partial charge in [-0.3, -0.25) is 4.98 Å². The molecule has 0 bridgehead atoms. The molecule has 3 nitrogen and oxygen atoms in total. The molecule has 1 N–H and O–H groups in total. The maximum absolute atomic E-state index is 5.79. The number of aromatic nitrogens is 1. The predicted octanol–water partition coefficient (Wildman–Crippen LogP) is 3.32. The lowest BCUT2D eigenvalue weighted by molar-refractivity contribution is 0.299. The van der Waals surface area contributed by atoms with Crippen LogP contribution in [0.5, 0.6) is 5.75 Å². The molecular weight excluding hydrogens is 224 g/mol. The Hall–Kier alpha value is -2.03. The van der Waals surface area contributed by atoms with Gasteiger partial charge in [0.2, 0.25) is 0 Å². The molecule has 94 valence electrons. The fourth-order valence-corrected chi connectivity index (χ4v) is 1.83. The van der Waals surface area contributed by atoms with Crippen molar-refractivity contribution < 1.29 is 4.74 Å². The minimum Gasteiger partial charge on any atom is -0.487 e. The van der Waals surface area contributed by atoms with E-state index < -0.39 is 0 Å². The van der Waals surface area contributed by atoms with Crippen molar-refractivity contribution in [1.29, 1.82) is 0 Å². The summed E-state index contributed by atoms with van der Waals surface area (Å²) < 4.78 is 5.79. The van der Waals surface area contributed by atoms with E-state index in [4.69, 9.17) is 4.74 Å². The maximum Gasteiger partial charge on any atom is 0.130 e. The summed E-state index contributed by atoms with van der Waals surface area (Å²) in [7, 11) is 1.89. The van der Waals surface area contributed by atoms with E-state index >= 15 is 0 Å². The Bertz CT molecular complexity index is 538. The molecule has 2 aromatic rings. The summed E-state index contributed by atoms with van der Waals surface area (Å²) in [5, 5.41) is 3.09. The molecule has 0 aliphatic carbocycles. The van der Waals surface area contributed by atoms with Crippen molar-refractivity contribution in [3.05, 3.63) is 53.3 Å². The number of hydrogen-bond donors (Lipinski definition) is 1. The fourth-order valence-electron chi connectivity index (χ4n) is 1.83. The smallest absolute Gasteiger partial charge is 0.130 e. The first-order chi connectivity index (χ1) is 8.69. The Morgan fingerprint density at radius 2 is 2.00 bits per heavy atom. The van der Waals surface area contributed by atoms with Crippen LogP contribution in [0.1, 0.15) is 16.8 Å². The van der Waals surface area contributed by atoms with Gasteiger partial charge in [-0.05, 0) is 37.6 Å². The number of rotatable bonds is 4. The lowest BCUT2D eigenvalue weighted by Crippen LogP contribution is -2.00. The van der Waals surface area contributed by atoms with E-state index in [-0.39, 0.29) is 0 Å². The van der Waals surface area contributed by atoms with Crippen molar-refractivity contribution in [3.63, 3.8) is 0 Å². The van der Waals surface area contributed by atoms with E-state index in [1.165, 1.54) is 5.56 Å². The summed E-state index contributed by atoms with van der Waals surface area (Å²) in [6.07, 6.45) is 1.78. The molecule has 0 fully saturated rings. The number of nitrogens with one attached hydrogen (secondary N) is 1. The van der Waals surface area contributed by atoms with Gasteiger partial charge in [0.15, 0.2) is 0 Å². The van der Waals surface area contributed by atoms with Crippen LogP contribution in [-0.2, 0) is 6.61 Å². The first-order valence-corrected chi connectivity index (χ1v) is 6.02. The monoisotopic (exact) mass is 242 g/mol. The van der Waals surface area contributed by atoms with Crippen LogP contribution in [0, 0.1) is 13.8 Å². The van der Waals surface area contributed by atoms with Crippen molar-refractivity contribution in [2.45, 2.75) is 20.5 Å². The Balaban J connectivity index is 2.06. The second-order valence-corrected chi connectivity index (χ2v) is 4.34. The van der Waals surface area contributed by atoms with Gasteiger partial charge in [0, 0.05) is 18.9 Å². The first-order valence-electron chi connectivity index (χ1n) is 6.02. The molecular formula is C15H18N2O. The molecule has 0 spiro atoms. The molecule has 18 heavy (non-hydrogen) atoms. The third-order valence-electron chi connectivity index (χ3n) is 2.81. The van der Waals surface area contributed by atoms with Gasteiger partial charge in [-0.2, -0.15) is 0 Å². The summed E-state index contributed by atoms with van der Waals surface area (Å²) in [6, 6.07) is 10.1. The zero-order chi connectivity index (χ0) is 13.0. The highest BCUT2D eigenvalue weighted by molar-refractivity contribution is 5.42. The standard InChI is InChI=1S/C15H18N2O/c1-11-4-5-15(12(2)8-11)18-10-14-9-13(16-3)6-7-17-14/h4-9H,10H2,1-3H3,(H,16,17). The highest BCUT2D eigenvalue weighted by Crippen LogP contribution is 2.20. The minimum absolute atomic E-state index is 0.486. The fraction of sp³-hybridized carbons (Fsp3) is 0.267.